The lowest BCUT2D eigenvalue weighted by atomic mass is 9.93. The summed E-state index contributed by atoms with van der Waals surface area (Å²) in [5, 5.41) is 26.8. The number of aliphatic hydroxyl groups excluding tert-OH is 2. The van der Waals surface area contributed by atoms with E-state index in [0.717, 1.165) is 25.7 Å². The van der Waals surface area contributed by atoms with Gasteiger partial charge in [0, 0.05) is 31.2 Å². The Morgan fingerprint density at radius 2 is 1.80 bits per heavy atom. The number of hydrogen-bond donors (Lipinski definition) is 5. The minimum atomic E-state index is -1.41. The molecule has 3 fully saturated rings. The van der Waals surface area contributed by atoms with Gasteiger partial charge in [-0.15, -0.1) is 0 Å². The number of halogens is 1. The molecule has 1 saturated carbocycles. The fourth-order valence-electron chi connectivity index (χ4n) is 5.21. The second-order valence-corrected chi connectivity index (χ2v) is 10.6. The Balaban J connectivity index is 1.11. The zero-order chi connectivity index (χ0) is 28.0. The van der Waals surface area contributed by atoms with Gasteiger partial charge in [-0.25, -0.2) is 24.1 Å². The summed E-state index contributed by atoms with van der Waals surface area (Å²) in [5.41, 5.74) is 7.38. The molecule has 14 heteroatoms. The first-order valence-electron chi connectivity index (χ1n) is 13.4. The molecule has 1 aromatic carbocycles. The maximum atomic E-state index is 13.1. The topological polar surface area (TPSA) is 181 Å². The number of nitrogen functional groups attached to an aromatic ring is 1. The van der Waals surface area contributed by atoms with Crippen LogP contribution >= 0.6 is 0 Å². The normalized spacial score (nSPS) is 25.3. The number of carbonyl (C=O) groups is 2. The van der Waals surface area contributed by atoms with Crippen molar-refractivity contribution in [2.24, 2.45) is 5.92 Å². The van der Waals surface area contributed by atoms with Crippen LogP contribution in [0.25, 0.3) is 11.2 Å². The Hall–Kier alpha value is -3.88. The second-order valence-electron chi connectivity index (χ2n) is 10.6. The van der Waals surface area contributed by atoms with Gasteiger partial charge in [-0.3, -0.25) is 9.36 Å². The van der Waals surface area contributed by atoms with Crippen LogP contribution in [0.2, 0.25) is 0 Å². The van der Waals surface area contributed by atoms with Crippen molar-refractivity contribution in [2.75, 3.05) is 24.1 Å². The first kappa shape index (κ1) is 26.3. The van der Waals surface area contributed by atoms with E-state index in [1.807, 2.05) is 0 Å². The van der Waals surface area contributed by atoms with Gasteiger partial charge < -0.3 is 36.2 Å². The number of aromatic nitrogens is 4. The number of fused-ring (bicyclic) bond motifs is 1. The Kier molecular flexibility index (Phi) is 6.98. The molecule has 212 valence electrons. The molecule has 3 amide bonds. The fourth-order valence-corrected chi connectivity index (χ4v) is 5.21. The summed E-state index contributed by atoms with van der Waals surface area (Å²) in [6.45, 7) is 1.08. The molecular formula is C26H31FN8O5. The summed E-state index contributed by atoms with van der Waals surface area (Å²) in [4.78, 5) is 40.2. The molecule has 2 aromatic heterocycles. The van der Waals surface area contributed by atoms with Gasteiger partial charge in [0.2, 0.25) is 0 Å². The number of benzene rings is 1. The van der Waals surface area contributed by atoms with Crippen LogP contribution in [0.4, 0.5) is 20.7 Å². The number of imidazole rings is 1. The number of amides is 3. The van der Waals surface area contributed by atoms with Crippen molar-refractivity contribution in [3.8, 4) is 0 Å². The van der Waals surface area contributed by atoms with E-state index in [1.54, 1.807) is 4.90 Å². The molecule has 3 aliphatic rings. The molecule has 6 rings (SSSR count). The van der Waals surface area contributed by atoms with E-state index >= 15 is 0 Å². The summed E-state index contributed by atoms with van der Waals surface area (Å²) >= 11 is 0. The van der Waals surface area contributed by atoms with Gasteiger partial charge >= 0.3 is 6.03 Å². The molecule has 4 atom stereocenters. The summed E-state index contributed by atoms with van der Waals surface area (Å²) in [6, 6.07) is 5.46. The number of urea groups is 1. The lowest BCUT2D eigenvalue weighted by molar-refractivity contribution is -0.137. The van der Waals surface area contributed by atoms with Gasteiger partial charge in [-0.1, -0.05) is 0 Å². The molecule has 4 heterocycles. The molecule has 2 aliphatic heterocycles. The van der Waals surface area contributed by atoms with Crippen molar-refractivity contribution in [1.29, 1.82) is 0 Å². The smallest absolute Gasteiger partial charge is 0.321 e. The third kappa shape index (κ3) is 5.29. The number of nitrogens with zero attached hydrogens (tertiary/aromatic N) is 5. The number of nitrogens with two attached hydrogens (primary N) is 1. The highest BCUT2D eigenvalue weighted by Gasteiger charge is 2.48. The van der Waals surface area contributed by atoms with Crippen LogP contribution in [0.3, 0.4) is 0 Å². The van der Waals surface area contributed by atoms with Gasteiger partial charge in [0.05, 0.1) is 6.33 Å². The molecule has 2 saturated heterocycles. The molecule has 40 heavy (non-hydrogen) atoms. The van der Waals surface area contributed by atoms with Crippen LogP contribution in [0, 0.1) is 11.7 Å². The second kappa shape index (κ2) is 10.6. The van der Waals surface area contributed by atoms with Crippen molar-refractivity contribution in [3.05, 3.63) is 42.2 Å². The monoisotopic (exact) mass is 554 g/mol. The summed E-state index contributed by atoms with van der Waals surface area (Å²) in [7, 11) is 0. The van der Waals surface area contributed by atoms with Crippen LogP contribution in [-0.4, -0.2) is 84.0 Å². The standard InChI is InChI=1S/C26H31FN8O5/c27-14-1-3-16(4-2-14)31-26(39)34-9-7-13(8-10-34)11-17-32-22(28)18-23(33-17)35(12-29-18)25-20(37)19(36)21(40-25)24(38)30-15-5-6-15/h1-4,12-13,15,19-21,25,36-37H,5-11H2,(H,30,38)(H,31,39)(H2,28,32,33)/t19-,20?,21+,25-/m1/s1. The Morgan fingerprint density at radius 3 is 2.50 bits per heavy atom. The van der Waals surface area contributed by atoms with Crippen molar-refractivity contribution >= 4 is 34.6 Å². The van der Waals surface area contributed by atoms with Gasteiger partial charge in [0.25, 0.3) is 5.91 Å². The number of carbonyl (C=O) groups excluding carboxylic acids is 2. The van der Waals surface area contributed by atoms with Crippen LogP contribution in [0.5, 0.6) is 0 Å². The lowest BCUT2D eigenvalue weighted by Gasteiger charge is -2.31. The van der Waals surface area contributed by atoms with E-state index in [1.165, 1.54) is 35.2 Å². The zero-order valence-electron chi connectivity index (χ0n) is 21.6. The predicted molar refractivity (Wildman–Crippen MR) is 140 cm³/mol. The Morgan fingerprint density at radius 1 is 1.07 bits per heavy atom. The number of piperidine rings is 1. The number of aliphatic hydroxyl groups is 2. The minimum Gasteiger partial charge on any atom is -0.387 e. The van der Waals surface area contributed by atoms with Gasteiger partial charge in [-0.2, -0.15) is 0 Å². The molecule has 13 nitrogen and oxygen atoms in total. The molecule has 6 N–H and O–H groups in total. The predicted octanol–water partition coefficient (Wildman–Crippen LogP) is 0.932. The SMILES string of the molecule is Nc1nc(CC2CCN(C(=O)Nc3ccc(F)cc3)CC2)nc2c1ncn2[C@@H]1O[C@H](C(=O)NC2CC2)[C@H](O)C1O. The molecular weight excluding hydrogens is 523 g/mol. The molecule has 0 spiro atoms. The largest absolute Gasteiger partial charge is 0.387 e. The molecule has 0 radical (unpaired) electrons. The van der Waals surface area contributed by atoms with E-state index in [4.69, 9.17) is 10.5 Å². The average Bonchev–Trinajstić information content (AvgIpc) is 3.57. The third-order valence-corrected chi connectivity index (χ3v) is 7.66. The number of hydrogen-bond acceptors (Lipinski definition) is 9. The maximum Gasteiger partial charge on any atom is 0.321 e. The fraction of sp³-hybridized carbons (Fsp3) is 0.500. The first-order chi connectivity index (χ1) is 19.3. The highest BCUT2D eigenvalue weighted by Crippen LogP contribution is 2.33. The minimum absolute atomic E-state index is 0.0831. The summed E-state index contributed by atoms with van der Waals surface area (Å²) in [6.07, 6.45) is 0.0469. The van der Waals surface area contributed by atoms with Crippen molar-refractivity contribution < 1.29 is 28.9 Å². The maximum absolute atomic E-state index is 13.1. The van der Waals surface area contributed by atoms with Crippen molar-refractivity contribution in [2.45, 2.75) is 62.7 Å². The number of ether oxygens (including phenoxy) is 1. The van der Waals surface area contributed by atoms with Crippen LogP contribution in [0.1, 0.15) is 37.7 Å². The number of anilines is 2. The molecule has 0 bridgehead atoms. The van der Waals surface area contributed by atoms with Gasteiger partial charge in [0.1, 0.15) is 29.4 Å². The van der Waals surface area contributed by atoms with E-state index in [9.17, 15) is 24.2 Å². The van der Waals surface area contributed by atoms with E-state index in [2.05, 4.69) is 25.6 Å². The van der Waals surface area contributed by atoms with Crippen molar-refractivity contribution in [1.82, 2.24) is 29.7 Å². The number of nitrogens with one attached hydrogen (secondary N) is 2. The first-order valence-corrected chi connectivity index (χ1v) is 13.4. The van der Waals surface area contributed by atoms with Crippen LogP contribution in [-0.2, 0) is 16.0 Å². The molecule has 1 unspecified atom stereocenters. The quantitative estimate of drug-likeness (QED) is 0.296. The average molecular weight is 555 g/mol. The Bertz CT molecular complexity index is 1410. The Labute approximate surface area is 228 Å². The lowest BCUT2D eigenvalue weighted by Crippen LogP contribution is -2.43. The summed E-state index contributed by atoms with van der Waals surface area (Å²) in [5.74, 6) is 0.0260. The number of rotatable bonds is 6. The zero-order valence-corrected chi connectivity index (χ0v) is 21.6. The highest BCUT2D eigenvalue weighted by molar-refractivity contribution is 5.89. The van der Waals surface area contributed by atoms with E-state index in [0.29, 0.717) is 42.2 Å². The van der Waals surface area contributed by atoms with Gasteiger partial charge in [0.15, 0.2) is 23.8 Å². The van der Waals surface area contributed by atoms with E-state index in [-0.39, 0.29) is 29.6 Å². The van der Waals surface area contributed by atoms with Gasteiger partial charge in [-0.05, 0) is 55.9 Å². The number of likely N-dealkylation sites (tertiary alicyclic amines) is 1. The van der Waals surface area contributed by atoms with E-state index < -0.39 is 30.4 Å². The molecule has 3 aromatic rings. The highest BCUT2D eigenvalue weighted by atomic mass is 19.1. The van der Waals surface area contributed by atoms with Crippen LogP contribution in [0.15, 0.2) is 30.6 Å². The van der Waals surface area contributed by atoms with Crippen molar-refractivity contribution in [3.63, 3.8) is 0 Å². The summed E-state index contributed by atoms with van der Waals surface area (Å²) < 4.78 is 20.4. The third-order valence-electron chi connectivity index (χ3n) is 7.66. The van der Waals surface area contributed by atoms with Crippen LogP contribution < -0.4 is 16.4 Å². The molecule has 1 aliphatic carbocycles.